The Morgan fingerprint density at radius 1 is 1.08 bits per heavy atom. The molecule has 1 aromatic carbocycles. The highest BCUT2D eigenvalue weighted by Gasteiger charge is 2.24. The lowest BCUT2D eigenvalue weighted by Crippen LogP contribution is -2.42. The Morgan fingerprint density at radius 2 is 1.78 bits per heavy atom. The number of aromatic nitrogens is 3. The van der Waals surface area contributed by atoms with Gasteiger partial charge in [0, 0.05) is 29.3 Å². The van der Waals surface area contributed by atoms with Gasteiger partial charge in [-0.3, -0.25) is 19.4 Å². The molecule has 11 heteroatoms. The topological polar surface area (TPSA) is 166 Å². The van der Waals surface area contributed by atoms with Crippen molar-refractivity contribution in [2.45, 2.75) is 32.7 Å². The summed E-state index contributed by atoms with van der Waals surface area (Å²) in [5, 5.41) is 2.87. The van der Waals surface area contributed by atoms with E-state index in [1.165, 1.54) is 6.20 Å². The second-order valence-corrected chi connectivity index (χ2v) is 7.50. The first-order chi connectivity index (χ1) is 17.3. The fraction of sp³-hybridized carbons (Fsp3) is 0.280. The Labute approximate surface area is 206 Å². The van der Waals surface area contributed by atoms with Crippen molar-refractivity contribution < 1.29 is 23.9 Å². The first-order valence-electron chi connectivity index (χ1n) is 11.2. The first kappa shape index (κ1) is 25.9. The molecule has 1 atom stereocenters. The number of pyridine rings is 1. The number of nitrogens with one attached hydrogen (secondary N) is 2. The number of ether oxygens (including phenoxy) is 2. The summed E-state index contributed by atoms with van der Waals surface area (Å²) < 4.78 is 9.88. The Bertz CT molecular complexity index is 1390. The molecule has 0 aliphatic carbocycles. The second-order valence-electron chi connectivity index (χ2n) is 7.50. The van der Waals surface area contributed by atoms with E-state index in [4.69, 9.17) is 15.2 Å². The molecule has 186 valence electrons. The summed E-state index contributed by atoms with van der Waals surface area (Å²) in [6, 6.07) is 6.97. The van der Waals surface area contributed by atoms with Crippen molar-refractivity contribution in [3.63, 3.8) is 0 Å². The van der Waals surface area contributed by atoms with Gasteiger partial charge >= 0.3 is 11.9 Å². The van der Waals surface area contributed by atoms with E-state index in [1.807, 2.05) is 0 Å². The second kappa shape index (κ2) is 12.1. The van der Waals surface area contributed by atoms with Crippen molar-refractivity contribution >= 4 is 34.8 Å². The molecule has 3 rings (SSSR count). The van der Waals surface area contributed by atoms with Crippen LogP contribution in [0, 0.1) is 11.8 Å². The number of hydrogen-bond donors (Lipinski definition) is 3. The molecule has 0 saturated heterocycles. The van der Waals surface area contributed by atoms with E-state index in [2.05, 4.69) is 32.1 Å². The van der Waals surface area contributed by atoms with E-state index in [1.54, 1.807) is 44.2 Å². The highest BCUT2D eigenvalue weighted by molar-refractivity contribution is 5.97. The predicted molar refractivity (Wildman–Crippen MR) is 131 cm³/mol. The number of fused-ring (bicyclic) bond motifs is 1. The average Bonchev–Trinajstić information content (AvgIpc) is 2.85. The highest BCUT2D eigenvalue weighted by Crippen LogP contribution is 2.09. The van der Waals surface area contributed by atoms with E-state index in [0.29, 0.717) is 16.7 Å². The summed E-state index contributed by atoms with van der Waals surface area (Å²) in [5.41, 5.74) is 6.74. The number of carbonyl (C=O) groups is 3. The van der Waals surface area contributed by atoms with E-state index in [0.717, 1.165) is 0 Å². The van der Waals surface area contributed by atoms with Crippen molar-refractivity contribution in [1.82, 2.24) is 20.3 Å². The van der Waals surface area contributed by atoms with Gasteiger partial charge in [0.1, 0.15) is 6.04 Å². The van der Waals surface area contributed by atoms with Crippen LogP contribution in [0.15, 0.2) is 41.3 Å². The first-order valence-corrected chi connectivity index (χ1v) is 11.2. The molecule has 0 radical (unpaired) electrons. The maximum atomic E-state index is 12.7. The maximum absolute atomic E-state index is 12.7. The number of nitrogens with zero attached hydrogens (tertiary/aromatic N) is 2. The van der Waals surface area contributed by atoms with Gasteiger partial charge in [0.25, 0.3) is 11.5 Å². The van der Waals surface area contributed by atoms with Crippen molar-refractivity contribution in [2.24, 2.45) is 0 Å². The highest BCUT2D eigenvalue weighted by atomic mass is 16.5. The number of amides is 1. The van der Waals surface area contributed by atoms with Gasteiger partial charge in [-0.2, -0.15) is 4.98 Å². The van der Waals surface area contributed by atoms with E-state index in [-0.39, 0.29) is 43.0 Å². The summed E-state index contributed by atoms with van der Waals surface area (Å²) >= 11 is 0. The minimum absolute atomic E-state index is 0.0180. The van der Waals surface area contributed by atoms with Gasteiger partial charge < -0.3 is 20.5 Å². The molecule has 0 fully saturated rings. The van der Waals surface area contributed by atoms with Crippen LogP contribution < -0.4 is 16.6 Å². The molecule has 0 aliphatic rings. The third-order valence-electron chi connectivity index (χ3n) is 4.90. The molecule has 0 unspecified atom stereocenters. The fourth-order valence-corrected chi connectivity index (χ4v) is 3.19. The molecular weight excluding hydrogens is 466 g/mol. The van der Waals surface area contributed by atoms with Gasteiger partial charge in [-0.05, 0) is 50.6 Å². The van der Waals surface area contributed by atoms with Gasteiger partial charge in [-0.15, -0.1) is 0 Å². The zero-order valence-electron chi connectivity index (χ0n) is 19.8. The standard InChI is InChI=1S/C25H25N5O6/c1-3-35-20(31)12-11-19(24(34)36-4-2)28-22(32)17-9-7-15(8-10-17)5-6-16-13-18-21(27-14-16)29-25(26)30-23(18)33/h7-10,13-14,19H,3-4,11-12H2,1-2H3,(H,28,32)(H3,26,27,29,30,33)/t19-/m0/s1. The lowest BCUT2D eigenvalue weighted by Gasteiger charge is -2.17. The predicted octanol–water partition coefficient (Wildman–Crippen LogP) is 1.30. The van der Waals surface area contributed by atoms with Crippen LogP contribution in [-0.2, 0) is 19.1 Å². The monoisotopic (exact) mass is 491 g/mol. The number of nitrogens with two attached hydrogens (primary N) is 1. The number of rotatable bonds is 8. The smallest absolute Gasteiger partial charge is 0.328 e. The zero-order valence-corrected chi connectivity index (χ0v) is 19.8. The number of nitrogen functional groups attached to an aromatic ring is 1. The maximum Gasteiger partial charge on any atom is 0.328 e. The molecule has 2 aromatic heterocycles. The molecule has 3 aromatic rings. The van der Waals surface area contributed by atoms with Crippen LogP contribution >= 0.6 is 0 Å². The minimum atomic E-state index is -0.991. The Morgan fingerprint density at radius 3 is 2.47 bits per heavy atom. The molecule has 1 amide bonds. The third-order valence-corrected chi connectivity index (χ3v) is 4.90. The van der Waals surface area contributed by atoms with Crippen LogP contribution in [0.4, 0.5) is 5.95 Å². The molecule has 36 heavy (non-hydrogen) atoms. The third kappa shape index (κ3) is 6.89. The summed E-state index contributed by atoms with van der Waals surface area (Å²) in [7, 11) is 0. The Kier molecular flexibility index (Phi) is 8.72. The lowest BCUT2D eigenvalue weighted by molar-refractivity contribution is -0.146. The normalized spacial score (nSPS) is 11.2. The average molecular weight is 492 g/mol. The van der Waals surface area contributed by atoms with Crippen molar-refractivity contribution in [1.29, 1.82) is 0 Å². The largest absolute Gasteiger partial charge is 0.466 e. The summed E-state index contributed by atoms with van der Waals surface area (Å²) in [6.07, 6.45) is 1.50. The molecule has 0 spiro atoms. The molecule has 0 saturated carbocycles. The molecule has 4 N–H and O–H groups in total. The number of hydrogen-bond acceptors (Lipinski definition) is 9. The van der Waals surface area contributed by atoms with Crippen molar-refractivity contribution in [2.75, 3.05) is 18.9 Å². The van der Waals surface area contributed by atoms with Gasteiger partial charge in [-0.1, -0.05) is 11.8 Å². The number of H-pyrrole nitrogens is 1. The van der Waals surface area contributed by atoms with Crippen LogP contribution in [0.5, 0.6) is 0 Å². The summed E-state index contributed by atoms with van der Waals surface area (Å²) in [5.74, 6) is 4.25. The van der Waals surface area contributed by atoms with Gasteiger partial charge in [0.15, 0.2) is 5.65 Å². The minimum Gasteiger partial charge on any atom is -0.466 e. The number of aromatic amines is 1. The Hall–Kier alpha value is -4.72. The van der Waals surface area contributed by atoms with E-state index in [9.17, 15) is 19.2 Å². The number of anilines is 1. The molecule has 0 aliphatic heterocycles. The molecule has 0 bridgehead atoms. The Balaban J connectivity index is 1.70. The van der Waals surface area contributed by atoms with Gasteiger partial charge in [0.2, 0.25) is 5.95 Å². The van der Waals surface area contributed by atoms with Crippen LogP contribution in [0.25, 0.3) is 11.0 Å². The number of benzene rings is 1. The SMILES string of the molecule is CCOC(=O)CC[C@H](NC(=O)c1ccc(C#Cc2cnc3nc(N)[nH]c(=O)c3c2)cc1)C(=O)OCC. The molecular formula is C25H25N5O6. The van der Waals surface area contributed by atoms with Crippen molar-refractivity contribution in [3.8, 4) is 11.8 Å². The van der Waals surface area contributed by atoms with Gasteiger partial charge in [0.05, 0.1) is 18.6 Å². The van der Waals surface area contributed by atoms with Gasteiger partial charge in [-0.25, -0.2) is 9.78 Å². The van der Waals surface area contributed by atoms with E-state index >= 15 is 0 Å². The summed E-state index contributed by atoms with van der Waals surface area (Å²) in [6.45, 7) is 3.71. The fourth-order valence-electron chi connectivity index (χ4n) is 3.19. The van der Waals surface area contributed by atoms with Crippen LogP contribution in [0.1, 0.15) is 48.2 Å². The van der Waals surface area contributed by atoms with Crippen LogP contribution in [-0.4, -0.2) is 52.1 Å². The quantitative estimate of drug-likeness (QED) is 0.311. The molecule has 11 nitrogen and oxygen atoms in total. The van der Waals surface area contributed by atoms with Crippen molar-refractivity contribution in [3.05, 3.63) is 63.6 Å². The summed E-state index contributed by atoms with van der Waals surface area (Å²) in [4.78, 5) is 59.1. The molecule has 2 heterocycles. The van der Waals surface area contributed by atoms with Crippen LogP contribution in [0.3, 0.4) is 0 Å². The van der Waals surface area contributed by atoms with E-state index < -0.39 is 29.4 Å². The van der Waals surface area contributed by atoms with Crippen LogP contribution in [0.2, 0.25) is 0 Å². The lowest BCUT2D eigenvalue weighted by atomic mass is 10.1. The number of esters is 2. The number of carbonyl (C=O) groups excluding carboxylic acids is 3. The zero-order chi connectivity index (χ0) is 26.1.